The predicted octanol–water partition coefficient (Wildman–Crippen LogP) is 1.53. The summed E-state index contributed by atoms with van der Waals surface area (Å²) in [5.41, 5.74) is 1.97. The van der Waals surface area contributed by atoms with Crippen LogP contribution in [0.5, 0.6) is 0 Å². The number of aliphatic hydroxyl groups is 1. The molecule has 0 aliphatic carbocycles. The van der Waals surface area contributed by atoms with E-state index in [9.17, 15) is 4.79 Å². The highest BCUT2D eigenvalue weighted by Gasteiger charge is 2.18. The van der Waals surface area contributed by atoms with Crippen LogP contribution in [0.25, 0.3) is 0 Å². The molecule has 0 aromatic heterocycles. The van der Waals surface area contributed by atoms with Crippen LogP contribution in [0.3, 0.4) is 0 Å². The standard InChI is InChI=1S/C15H23N3O2/c1-13-4-2-5-14(12-13)16-15(20)18-7-3-6-17(8-9-18)10-11-19/h2,4-5,12,19H,3,6-11H2,1H3,(H,16,20). The quantitative estimate of drug-likeness (QED) is 0.881. The number of aliphatic hydroxyl groups excluding tert-OH is 1. The van der Waals surface area contributed by atoms with Crippen molar-refractivity contribution < 1.29 is 9.90 Å². The number of carbonyl (C=O) groups excluding carboxylic acids is 1. The van der Waals surface area contributed by atoms with E-state index in [1.807, 2.05) is 36.1 Å². The maximum Gasteiger partial charge on any atom is 0.321 e. The van der Waals surface area contributed by atoms with E-state index in [4.69, 9.17) is 5.11 Å². The number of rotatable bonds is 3. The summed E-state index contributed by atoms with van der Waals surface area (Å²) in [6.07, 6.45) is 0.946. The van der Waals surface area contributed by atoms with Gasteiger partial charge in [0.25, 0.3) is 0 Å². The molecule has 0 radical (unpaired) electrons. The van der Waals surface area contributed by atoms with Crippen LogP contribution in [-0.2, 0) is 0 Å². The number of aryl methyl sites for hydroxylation is 1. The normalized spacial score (nSPS) is 16.8. The lowest BCUT2D eigenvalue weighted by Crippen LogP contribution is -2.38. The molecule has 1 aromatic carbocycles. The molecule has 0 atom stereocenters. The molecule has 0 saturated carbocycles. The van der Waals surface area contributed by atoms with Crippen LogP contribution in [0.1, 0.15) is 12.0 Å². The van der Waals surface area contributed by atoms with Gasteiger partial charge in [-0.15, -0.1) is 0 Å². The minimum absolute atomic E-state index is 0.0403. The van der Waals surface area contributed by atoms with Crippen molar-refractivity contribution in [3.63, 3.8) is 0 Å². The van der Waals surface area contributed by atoms with Crippen LogP contribution < -0.4 is 5.32 Å². The summed E-state index contributed by atoms with van der Waals surface area (Å²) in [5, 5.41) is 11.9. The van der Waals surface area contributed by atoms with Crippen LogP contribution in [0.4, 0.5) is 10.5 Å². The summed E-state index contributed by atoms with van der Waals surface area (Å²) in [6, 6.07) is 7.78. The molecule has 5 heteroatoms. The zero-order chi connectivity index (χ0) is 14.4. The summed E-state index contributed by atoms with van der Waals surface area (Å²) in [4.78, 5) is 16.3. The zero-order valence-electron chi connectivity index (χ0n) is 12.0. The van der Waals surface area contributed by atoms with Crippen molar-refractivity contribution in [2.45, 2.75) is 13.3 Å². The lowest BCUT2D eigenvalue weighted by Gasteiger charge is -2.22. The molecule has 1 aliphatic rings. The third-order valence-corrected chi connectivity index (χ3v) is 3.56. The van der Waals surface area contributed by atoms with E-state index in [0.717, 1.165) is 37.3 Å². The largest absolute Gasteiger partial charge is 0.395 e. The summed E-state index contributed by atoms with van der Waals surface area (Å²) >= 11 is 0. The van der Waals surface area contributed by atoms with E-state index in [0.29, 0.717) is 13.1 Å². The Morgan fingerprint density at radius 2 is 2.15 bits per heavy atom. The fraction of sp³-hybridized carbons (Fsp3) is 0.533. The number of β-amino-alcohol motifs (C(OH)–C–C–N with tert-alkyl or cyclic N) is 1. The van der Waals surface area contributed by atoms with Gasteiger partial charge in [-0.2, -0.15) is 0 Å². The van der Waals surface area contributed by atoms with Gasteiger partial charge in [-0.3, -0.25) is 4.90 Å². The lowest BCUT2D eigenvalue weighted by molar-refractivity contribution is 0.194. The number of anilines is 1. The van der Waals surface area contributed by atoms with Gasteiger partial charge in [-0.1, -0.05) is 12.1 Å². The molecule has 2 rings (SSSR count). The van der Waals surface area contributed by atoms with Crippen LogP contribution in [0.2, 0.25) is 0 Å². The van der Waals surface area contributed by atoms with Gasteiger partial charge < -0.3 is 15.3 Å². The molecule has 0 unspecified atom stereocenters. The molecule has 5 nitrogen and oxygen atoms in total. The molecule has 2 N–H and O–H groups in total. The Morgan fingerprint density at radius 1 is 1.30 bits per heavy atom. The van der Waals surface area contributed by atoms with Gasteiger partial charge in [0.1, 0.15) is 0 Å². The van der Waals surface area contributed by atoms with Crippen molar-refractivity contribution in [2.24, 2.45) is 0 Å². The third kappa shape index (κ3) is 4.21. The summed E-state index contributed by atoms with van der Waals surface area (Å²) < 4.78 is 0. The maximum atomic E-state index is 12.2. The number of nitrogens with zero attached hydrogens (tertiary/aromatic N) is 2. The number of nitrogens with one attached hydrogen (secondary N) is 1. The molecule has 1 saturated heterocycles. The van der Waals surface area contributed by atoms with Crippen LogP contribution in [-0.4, -0.2) is 60.3 Å². The van der Waals surface area contributed by atoms with Crippen molar-refractivity contribution in [3.05, 3.63) is 29.8 Å². The molecule has 0 spiro atoms. The topological polar surface area (TPSA) is 55.8 Å². The van der Waals surface area contributed by atoms with E-state index in [-0.39, 0.29) is 12.6 Å². The second-order valence-electron chi connectivity index (χ2n) is 5.21. The Kier molecular flexibility index (Phi) is 5.38. The van der Waals surface area contributed by atoms with Gasteiger partial charge in [0.05, 0.1) is 6.61 Å². The first-order valence-electron chi connectivity index (χ1n) is 7.15. The highest BCUT2D eigenvalue weighted by molar-refractivity contribution is 5.89. The van der Waals surface area contributed by atoms with Gasteiger partial charge in [-0.25, -0.2) is 4.79 Å². The fourth-order valence-corrected chi connectivity index (χ4v) is 2.46. The molecule has 1 fully saturated rings. The minimum Gasteiger partial charge on any atom is -0.395 e. The first kappa shape index (κ1) is 14.8. The Morgan fingerprint density at radius 3 is 2.90 bits per heavy atom. The summed E-state index contributed by atoms with van der Waals surface area (Å²) in [7, 11) is 0. The second-order valence-corrected chi connectivity index (χ2v) is 5.21. The average Bonchev–Trinajstić information content (AvgIpc) is 2.65. The van der Waals surface area contributed by atoms with E-state index in [2.05, 4.69) is 10.2 Å². The molecule has 0 bridgehead atoms. The number of amides is 2. The molecule has 110 valence electrons. The Balaban J connectivity index is 1.89. The van der Waals surface area contributed by atoms with Crippen LogP contribution in [0, 0.1) is 6.92 Å². The van der Waals surface area contributed by atoms with Gasteiger partial charge in [-0.05, 0) is 37.6 Å². The number of urea groups is 1. The Bertz CT molecular complexity index is 450. The van der Waals surface area contributed by atoms with E-state index in [1.54, 1.807) is 0 Å². The van der Waals surface area contributed by atoms with E-state index < -0.39 is 0 Å². The van der Waals surface area contributed by atoms with Crippen molar-refractivity contribution in [1.82, 2.24) is 9.80 Å². The van der Waals surface area contributed by atoms with Crippen LogP contribution >= 0.6 is 0 Å². The fourth-order valence-electron chi connectivity index (χ4n) is 2.46. The van der Waals surface area contributed by atoms with Gasteiger partial charge in [0.2, 0.25) is 0 Å². The predicted molar refractivity (Wildman–Crippen MR) is 79.9 cm³/mol. The third-order valence-electron chi connectivity index (χ3n) is 3.56. The number of hydrogen-bond donors (Lipinski definition) is 2. The minimum atomic E-state index is -0.0403. The number of carbonyl (C=O) groups is 1. The second kappa shape index (κ2) is 7.26. The van der Waals surface area contributed by atoms with Gasteiger partial charge in [0.15, 0.2) is 0 Å². The number of hydrogen-bond acceptors (Lipinski definition) is 3. The summed E-state index contributed by atoms with van der Waals surface area (Å²) in [5.74, 6) is 0. The molecule has 1 aromatic rings. The first-order chi connectivity index (χ1) is 9.69. The molecular weight excluding hydrogens is 254 g/mol. The molecule has 2 amide bonds. The van der Waals surface area contributed by atoms with E-state index >= 15 is 0 Å². The summed E-state index contributed by atoms with van der Waals surface area (Å²) in [6.45, 7) is 6.10. The Hall–Kier alpha value is -1.59. The highest BCUT2D eigenvalue weighted by Crippen LogP contribution is 2.11. The molecule has 1 heterocycles. The zero-order valence-corrected chi connectivity index (χ0v) is 12.0. The van der Waals surface area contributed by atoms with Crippen molar-refractivity contribution in [3.8, 4) is 0 Å². The van der Waals surface area contributed by atoms with Gasteiger partial charge in [0, 0.05) is 31.9 Å². The SMILES string of the molecule is Cc1cccc(NC(=O)N2CCCN(CCO)CC2)c1. The highest BCUT2D eigenvalue weighted by atomic mass is 16.3. The van der Waals surface area contributed by atoms with Crippen molar-refractivity contribution in [1.29, 1.82) is 0 Å². The first-order valence-corrected chi connectivity index (χ1v) is 7.15. The molecular formula is C15H23N3O2. The van der Waals surface area contributed by atoms with E-state index in [1.165, 1.54) is 0 Å². The Labute approximate surface area is 120 Å². The smallest absolute Gasteiger partial charge is 0.321 e. The average molecular weight is 277 g/mol. The molecule has 20 heavy (non-hydrogen) atoms. The van der Waals surface area contributed by atoms with Crippen molar-refractivity contribution in [2.75, 3.05) is 44.6 Å². The van der Waals surface area contributed by atoms with Crippen LogP contribution in [0.15, 0.2) is 24.3 Å². The number of benzene rings is 1. The van der Waals surface area contributed by atoms with Crippen molar-refractivity contribution >= 4 is 11.7 Å². The monoisotopic (exact) mass is 277 g/mol. The lowest BCUT2D eigenvalue weighted by atomic mass is 10.2. The van der Waals surface area contributed by atoms with Gasteiger partial charge >= 0.3 is 6.03 Å². The maximum absolute atomic E-state index is 12.2. The molecule has 1 aliphatic heterocycles.